The van der Waals surface area contributed by atoms with Crippen molar-refractivity contribution in [3.05, 3.63) is 36.4 Å². The zero-order valence-corrected chi connectivity index (χ0v) is 19.6. The predicted octanol–water partition coefficient (Wildman–Crippen LogP) is -3.07. The summed E-state index contributed by atoms with van der Waals surface area (Å²) in [6.07, 6.45) is 0. The maximum absolute atomic E-state index is 12.7. The van der Waals surface area contributed by atoms with Gasteiger partial charge in [-0.2, -0.15) is 10.1 Å². The number of likely N-dealkylation sites (N-methyl/N-ethyl adjacent to an activating group) is 1. The molecule has 2 aromatic rings. The lowest BCUT2D eigenvalue weighted by Gasteiger charge is -2.41. The molecule has 1 aliphatic heterocycles. The van der Waals surface area contributed by atoms with Crippen molar-refractivity contribution in [2.24, 2.45) is 0 Å². The Kier molecular flexibility index (Phi) is 8.53. The highest BCUT2D eigenvalue weighted by Crippen LogP contribution is 2.26. The first-order chi connectivity index (χ1) is 15.5. The maximum Gasteiger partial charge on any atom is 0.305 e. The van der Waals surface area contributed by atoms with Crippen molar-refractivity contribution in [1.82, 2.24) is 4.90 Å². The Morgan fingerprint density at radius 1 is 0.882 bits per heavy atom. The third-order valence-corrected chi connectivity index (χ3v) is 5.82. The number of amides is 2. The molecular weight excluding hydrogens is 464 g/mol. The summed E-state index contributed by atoms with van der Waals surface area (Å²) < 4.78 is 0.378. The Labute approximate surface area is 203 Å². The highest BCUT2D eigenvalue weighted by atomic mass is 35.5. The maximum atomic E-state index is 12.7. The largest absolute Gasteiger partial charge is 1.00 e. The molecule has 1 aliphatic rings. The Hall–Kier alpha value is -3.29. The summed E-state index contributed by atoms with van der Waals surface area (Å²) >= 11 is 0. The van der Waals surface area contributed by atoms with Crippen LogP contribution in [-0.2, 0) is 9.59 Å². The third kappa shape index (κ3) is 6.18. The number of hydrogen-bond acceptors (Lipinski definition) is 9. The lowest BCUT2D eigenvalue weighted by molar-refractivity contribution is -0.906. The van der Waals surface area contributed by atoms with Gasteiger partial charge in [-0.1, -0.05) is 0 Å². The summed E-state index contributed by atoms with van der Waals surface area (Å²) in [6, 6.07) is 9.00. The minimum absolute atomic E-state index is 0. The van der Waals surface area contributed by atoms with Crippen molar-refractivity contribution in [1.29, 1.82) is 0 Å². The van der Waals surface area contributed by atoms with E-state index in [1.165, 1.54) is 24.3 Å². The van der Waals surface area contributed by atoms with Gasteiger partial charge in [-0.15, -0.1) is 0 Å². The van der Waals surface area contributed by atoms with Gasteiger partial charge in [0.05, 0.1) is 49.4 Å². The van der Waals surface area contributed by atoms with E-state index in [0.29, 0.717) is 52.2 Å². The van der Waals surface area contributed by atoms with E-state index < -0.39 is 11.8 Å². The van der Waals surface area contributed by atoms with Gasteiger partial charge in [0.25, 0.3) is 5.91 Å². The molecule has 0 atom stereocenters. The number of nitrogens with two attached hydrogens (primary N) is 4. The molecule has 0 radical (unpaired) electrons. The number of benzene rings is 2. The molecule has 1 saturated heterocycles. The Bertz CT molecular complexity index is 1050. The van der Waals surface area contributed by atoms with Crippen molar-refractivity contribution >= 4 is 45.9 Å². The molecule has 1 fully saturated rings. The second kappa shape index (κ2) is 10.8. The number of carbonyl (C=O) groups excluding carboxylic acids is 2. The summed E-state index contributed by atoms with van der Waals surface area (Å²) in [7, 11) is 1.91. The molecule has 0 unspecified atom stereocenters. The van der Waals surface area contributed by atoms with Crippen LogP contribution in [0.15, 0.2) is 36.4 Å². The molecule has 0 aromatic heterocycles. The van der Waals surface area contributed by atoms with Crippen LogP contribution < -0.4 is 45.5 Å². The van der Waals surface area contributed by atoms with E-state index in [0.717, 1.165) is 0 Å². The van der Waals surface area contributed by atoms with Crippen molar-refractivity contribution in [2.75, 3.05) is 79.4 Å². The van der Waals surface area contributed by atoms with Gasteiger partial charge >= 0.3 is 5.91 Å². The van der Waals surface area contributed by atoms with Crippen molar-refractivity contribution in [3.8, 4) is 0 Å². The molecule has 186 valence electrons. The summed E-state index contributed by atoms with van der Waals surface area (Å²) in [5, 5.41) is 21.7. The van der Waals surface area contributed by atoms with Crippen LogP contribution in [0.5, 0.6) is 0 Å². The molecule has 12 nitrogen and oxygen atoms in total. The highest BCUT2D eigenvalue weighted by Gasteiger charge is 2.34. The van der Waals surface area contributed by atoms with Crippen LogP contribution in [0.25, 0.3) is 0 Å². The minimum Gasteiger partial charge on any atom is -1.00 e. The van der Waals surface area contributed by atoms with Crippen LogP contribution in [0.2, 0.25) is 0 Å². The summed E-state index contributed by atoms with van der Waals surface area (Å²) in [5.74, 6) is -1.03. The molecule has 0 aliphatic carbocycles. The molecule has 0 spiro atoms. The predicted molar refractivity (Wildman–Crippen MR) is 126 cm³/mol. The molecule has 2 amide bonds. The van der Waals surface area contributed by atoms with Gasteiger partial charge in [0.2, 0.25) is 0 Å². The van der Waals surface area contributed by atoms with Crippen molar-refractivity contribution in [3.63, 3.8) is 0 Å². The van der Waals surface area contributed by atoms with Crippen LogP contribution >= 0.6 is 0 Å². The standard InChI is InChI=1S/C21H31N8O4.ClH/c1-29(13-21(31)28(33)19-5-3-15(23)11-17(19)25)8-6-26(7-9-29)12-20(30)27(32)18-4-2-14(22)10-16(18)24;/h2-5,10-11,32-33H,6-9,12-13,22-25H2,1H3;1H/q+1;/p-1. The third-order valence-electron chi connectivity index (χ3n) is 5.82. The SMILES string of the molecule is C[N+]1(CC(=O)N(O)c2ccc(N)cc2N)CCN(CC(=O)N(O)c2ccc(N)cc2N)CC1.[Cl-]. The molecule has 0 saturated carbocycles. The van der Waals surface area contributed by atoms with Crippen LogP contribution in [0.4, 0.5) is 34.1 Å². The van der Waals surface area contributed by atoms with E-state index in [1.54, 1.807) is 12.1 Å². The number of hydroxylamine groups is 2. The molecule has 10 N–H and O–H groups in total. The van der Waals surface area contributed by atoms with E-state index in [9.17, 15) is 20.0 Å². The van der Waals surface area contributed by atoms with E-state index in [2.05, 4.69) is 0 Å². The first-order valence-corrected chi connectivity index (χ1v) is 10.4. The van der Waals surface area contributed by atoms with Gasteiger partial charge in [-0.25, -0.2) is 0 Å². The first kappa shape index (κ1) is 27.0. The molecule has 13 heteroatoms. The quantitative estimate of drug-likeness (QED) is 0.105. The number of anilines is 6. The van der Waals surface area contributed by atoms with E-state index in [1.807, 2.05) is 11.9 Å². The molecule has 3 rings (SSSR count). The van der Waals surface area contributed by atoms with Gasteiger partial charge in [-0.05, 0) is 36.4 Å². The molecule has 1 heterocycles. The van der Waals surface area contributed by atoms with Gasteiger partial charge in [0.15, 0.2) is 6.54 Å². The number of nitrogens with zero attached hydrogens (tertiary/aromatic N) is 4. The van der Waals surface area contributed by atoms with Crippen LogP contribution in [0, 0.1) is 0 Å². The number of nitrogen functional groups attached to an aromatic ring is 4. The second-order valence-electron chi connectivity index (χ2n) is 8.55. The van der Waals surface area contributed by atoms with E-state index in [4.69, 9.17) is 22.9 Å². The lowest BCUT2D eigenvalue weighted by atomic mass is 10.2. The van der Waals surface area contributed by atoms with Crippen LogP contribution in [0.3, 0.4) is 0 Å². The molecule has 0 bridgehead atoms. The zero-order chi connectivity index (χ0) is 24.3. The van der Waals surface area contributed by atoms with Crippen molar-refractivity contribution < 1.29 is 36.9 Å². The normalized spacial score (nSPS) is 15.3. The zero-order valence-electron chi connectivity index (χ0n) is 18.9. The summed E-state index contributed by atoms with van der Waals surface area (Å²) in [4.78, 5) is 27.1. The smallest absolute Gasteiger partial charge is 0.305 e. The van der Waals surface area contributed by atoms with Gasteiger partial charge < -0.3 is 39.8 Å². The number of piperazine rings is 1. The lowest BCUT2D eigenvalue weighted by Crippen LogP contribution is -3.00. The molecular formula is C21H31ClN8O4. The van der Waals surface area contributed by atoms with E-state index in [-0.39, 0.29) is 48.2 Å². The van der Waals surface area contributed by atoms with Gasteiger partial charge in [0, 0.05) is 24.5 Å². The average molecular weight is 495 g/mol. The summed E-state index contributed by atoms with van der Waals surface area (Å²) in [6.45, 7) is 2.23. The monoisotopic (exact) mass is 494 g/mol. The second-order valence-corrected chi connectivity index (χ2v) is 8.55. The summed E-state index contributed by atoms with van der Waals surface area (Å²) in [5.41, 5.74) is 24.6. The fourth-order valence-corrected chi connectivity index (χ4v) is 3.76. The number of hydrogen-bond donors (Lipinski definition) is 6. The number of carbonyl (C=O) groups is 2. The first-order valence-electron chi connectivity index (χ1n) is 10.4. The van der Waals surface area contributed by atoms with Gasteiger partial charge in [-0.3, -0.25) is 24.9 Å². The molecule has 2 aromatic carbocycles. The highest BCUT2D eigenvalue weighted by molar-refractivity contribution is 5.96. The Morgan fingerprint density at radius 3 is 1.76 bits per heavy atom. The topological polar surface area (TPSA) is 188 Å². The molecule has 34 heavy (non-hydrogen) atoms. The van der Waals surface area contributed by atoms with Crippen LogP contribution in [0.1, 0.15) is 0 Å². The van der Waals surface area contributed by atoms with Crippen molar-refractivity contribution in [2.45, 2.75) is 0 Å². The van der Waals surface area contributed by atoms with Crippen LogP contribution in [-0.4, -0.2) is 77.9 Å². The van der Waals surface area contributed by atoms with Gasteiger partial charge in [0.1, 0.15) is 0 Å². The fourth-order valence-electron chi connectivity index (χ4n) is 3.76. The van der Waals surface area contributed by atoms with E-state index >= 15 is 0 Å². The Balaban J connectivity index is 0.00000408. The Morgan fingerprint density at radius 2 is 1.32 bits per heavy atom. The fraction of sp³-hybridized carbons (Fsp3) is 0.333. The average Bonchev–Trinajstić information content (AvgIpc) is 2.74. The number of quaternary nitrogens is 1. The number of halogens is 1. The number of rotatable bonds is 6. The minimum atomic E-state index is -0.529.